The molecule has 0 aliphatic rings. The summed E-state index contributed by atoms with van der Waals surface area (Å²) in [7, 11) is 0. The Morgan fingerprint density at radius 1 is 1.67 bits per heavy atom. The Balaban J connectivity index is 4.00. The highest BCUT2D eigenvalue weighted by molar-refractivity contribution is 5.84. The summed E-state index contributed by atoms with van der Waals surface area (Å²) in [5.41, 5.74) is 0. The van der Waals surface area contributed by atoms with E-state index in [0.717, 1.165) is 6.08 Å². The smallest absolute Gasteiger partial charge is 0.364 e. The van der Waals surface area contributed by atoms with Gasteiger partial charge in [-0.3, -0.25) is 0 Å². The number of hydrogen-bond acceptors (Lipinski definition) is 1. The molecular formula is C6H7FO2. The highest BCUT2D eigenvalue weighted by atomic mass is 19.1. The lowest BCUT2D eigenvalue weighted by Crippen LogP contribution is -1.92. The van der Waals surface area contributed by atoms with Crippen LogP contribution in [-0.2, 0) is 4.79 Å². The molecule has 2 nitrogen and oxygen atoms in total. The average Bonchev–Trinajstić information content (AvgIpc) is 1.82. The number of rotatable bonds is 2. The van der Waals surface area contributed by atoms with Gasteiger partial charge in [-0.25, -0.2) is 4.79 Å². The second-order valence-corrected chi connectivity index (χ2v) is 1.35. The van der Waals surface area contributed by atoms with Gasteiger partial charge in [0.05, 0.1) is 0 Å². The van der Waals surface area contributed by atoms with Crippen LogP contribution < -0.4 is 0 Å². The van der Waals surface area contributed by atoms with Crippen LogP contribution in [0.4, 0.5) is 4.39 Å². The molecule has 50 valence electrons. The summed E-state index contributed by atoms with van der Waals surface area (Å²) in [6.45, 7) is 1.67. The predicted molar refractivity (Wildman–Crippen MR) is 31.6 cm³/mol. The molecule has 1 N–H and O–H groups in total. The molecule has 0 aromatic carbocycles. The topological polar surface area (TPSA) is 37.3 Å². The van der Waals surface area contributed by atoms with Crippen molar-refractivity contribution in [1.82, 2.24) is 0 Å². The molecule has 0 saturated heterocycles. The van der Waals surface area contributed by atoms with Gasteiger partial charge >= 0.3 is 5.97 Å². The van der Waals surface area contributed by atoms with Crippen molar-refractivity contribution in [2.45, 2.75) is 6.92 Å². The van der Waals surface area contributed by atoms with Gasteiger partial charge in [0.25, 0.3) is 0 Å². The van der Waals surface area contributed by atoms with E-state index in [1.165, 1.54) is 6.08 Å². The number of hydrogen-bond donors (Lipinski definition) is 1. The van der Waals surface area contributed by atoms with Gasteiger partial charge in [-0.1, -0.05) is 12.2 Å². The van der Waals surface area contributed by atoms with Crippen molar-refractivity contribution in [3.05, 3.63) is 24.1 Å². The maximum absolute atomic E-state index is 11.9. The van der Waals surface area contributed by atoms with Gasteiger partial charge in [-0.2, -0.15) is 4.39 Å². The molecule has 0 amide bonds. The van der Waals surface area contributed by atoms with Crippen LogP contribution in [0.5, 0.6) is 0 Å². The summed E-state index contributed by atoms with van der Waals surface area (Å²) in [6.07, 6.45) is 3.76. The quantitative estimate of drug-likeness (QED) is 0.454. The Morgan fingerprint density at radius 3 is 2.56 bits per heavy atom. The zero-order chi connectivity index (χ0) is 7.28. The minimum atomic E-state index is -1.53. The number of allylic oxidation sites excluding steroid dienone is 3. The Hall–Kier alpha value is -1.12. The predicted octanol–water partition coefficient (Wildman–Crippen LogP) is 1.50. The third-order valence-electron chi connectivity index (χ3n) is 0.639. The van der Waals surface area contributed by atoms with Crippen LogP contribution in [-0.4, -0.2) is 11.1 Å². The van der Waals surface area contributed by atoms with Gasteiger partial charge in [0.15, 0.2) is 0 Å². The Labute approximate surface area is 52.3 Å². The van der Waals surface area contributed by atoms with E-state index in [0.29, 0.717) is 0 Å². The van der Waals surface area contributed by atoms with E-state index < -0.39 is 11.8 Å². The standard InChI is InChI=1S/C6H7FO2/c1-2-3-4-5(7)6(8)9/h2-4H,1H3,(H,8,9)/b3-2-,5-4+. The number of carboxylic acids is 1. The van der Waals surface area contributed by atoms with Gasteiger partial charge in [-0.05, 0) is 13.0 Å². The van der Waals surface area contributed by atoms with E-state index in [1.54, 1.807) is 13.0 Å². The van der Waals surface area contributed by atoms with Crippen molar-refractivity contribution in [3.8, 4) is 0 Å². The molecule has 9 heavy (non-hydrogen) atoms. The molecule has 0 unspecified atom stereocenters. The number of halogens is 1. The third-order valence-corrected chi connectivity index (χ3v) is 0.639. The third kappa shape index (κ3) is 3.46. The largest absolute Gasteiger partial charge is 0.476 e. The maximum atomic E-state index is 11.9. The van der Waals surface area contributed by atoms with Gasteiger partial charge in [0, 0.05) is 0 Å². The Bertz CT molecular complexity index is 158. The van der Waals surface area contributed by atoms with Crippen molar-refractivity contribution >= 4 is 5.97 Å². The van der Waals surface area contributed by atoms with Crippen molar-refractivity contribution in [3.63, 3.8) is 0 Å². The lowest BCUT2D eigenvalue weighted by atomic mass is 10.4. The Morgan fingerprint density at radius 2 is 2.22 bits per heavy atom. The molecule has 0 radical (unpaired) electrons. The van der Waals surface area contributed by atoms with E-state index in [4.69, 9.17) is 5.11 Å². The van der Waals surface area contributed by atoms with Gasteiger partial charge < -0.3 is 5.11 Å². The summed E-state index contributed by atoms with van der Waals surface area (Å²) in [6, 6.07) is 0. The second-order valence-electron chi connectivity index (χ2n) is 1.35. The second kappa shape index (κ2) is 3.83. The summed E-state index contributed by atoms with van der Waals surface area (Å²) in [5, 5.41) is 7.93. The number of carbonyl (C=O) groups is 1. The van der Waals surface area contributed by atoms with Crippen molar-refractivity contribution < 1.29 is 14.3 Å². The fourth-order valence-corrected chi connectivity index (χ4v) is 0.252. The first-order chi connectivity index (χ1) is 4.18. The molecule has 0 rings (SSSR count). The maximum Gasteiger partial charge on any atom is 0.364 e. The summed E-state index contributed by atoms with van der Waals surface area (Å²) in [5.74, 6) is -2.68. The van der Waals surface area contributed by atoms with Crippen LogP contribution in [0.25, 0.3) is 0 Å². The molecule has 0 spiro atoms. The highest BCUT2D eigenvalue weighted by Gasteiger charge is 2.00. The number of aliphatic carboxylic acids is 1. The van der Waals surface area contributed by atoms with Crippen LogP contribution in [0.15, 0.2) is 24.1 Å². The lowest BCUT2D eigenvalue weighted by Gasteiger charge is -1.81. The molecular weight excluding hydrogens is 123 g/mol. The van der Waals surface area contributed by atoms with Crippen LogP contribution in [0.1, 0.15) is 6.92 Å². The highest BCUT2D eigenvalue weighted by Crippen LogP contribution is 1.94. The molecule has 3 heteroatoms. The fraction of sp³-hybridized carbons (Fsp3) is 0.167. The first-order valence-electron chi connectivity index (χ1n) is 2.40. The van der Waals surface area contributed by atoms with Crippen LogP contribution in [0, 0.1) is 0 Å². The van der Waals surface area contributed by atoms with Crippen LogP contribution in [0.2, 0.25) is 0 Å². The van der Waals surface area contributed by atoms with Crippen molar-refractivity contribution in [2.75, 3.05) is 0 Å². The van der Waals surface area contributed by atoms with Crippen LogP contribution in [0.3, 0.4) is 0 Å². The van der Waals surface area contributed by atoms with Crippen molar-refractivity contribution in [2.24, 2.45) is 0 Å². The van der Waals surface area contributed by atoms with Gasteiger partial charge in [0.1, 0.15) is 0 Å². The summed E-state index contributed by atoms with van der Waals surface area (Å²) >= 11 is 0. The minimum Gasteiger partial charge on any atom is -0.476 e. The molecule has 0 aliphatic heterocycles. The van der Waals surface area contributed by atoms with E-state index >= 15 is 0 Å². The molecule has 0 saturated carbocycles. The van der Waals surface area contributed by atoms with Crippen LogP contribution >= 0.6 is 0 Å². The molecule has 0 bridgehead atoms. The molecule has 0 heterocycles. The molecule has 0 aromatic heterocycles. The van der Waals surface area contributed by atoms with E-state index in [2.05, 4.69) is 0 Å². The minimum absolute atomic E-state index is 0.891. The van der Waals surface area contributed by atoms with Crippen molar-refractivity contribution in [1.29, 1.82) is 0 Å². The van der Waals surface area contributed by atoms with E-state index in [-0.39, 0.29) is 0 Å². The first kappa shape index (κ1) is 7.88. The average molecular weight is 130 g/mol. The monoisotopic (exact) mass is 130 g/mol. The molecule has 0 aliphatic carbocycles. The molecule has 0 aromatic rings. The fourth-order valence-electron chi connectivity index (χ4n) is 0.252. The zero-order valence-corrected chi connectivity index (χ0v) is 4.97. The van der Waals surface area contributed by atoms with Gasteiger partial charge in [0.2, 0.25) is 5.83 Å². The van der Waals surface area contributed by atoms with E-state index in [1.807, 2.05) is 0 Å². The first-order valence-corrected chi connectivity index (χ1v) is 2.40. The SMILES string of the molecule is C/C=C\C=C(\F)C(=O)O. The Kier molecular flexibility index (Phi) is 3.35. The summed E-state index contributed by atoms with van der Waals surface area (Å²) < 4.78 is 11.9. The lowest BCUT2D eigenvalue weighted by molar-refractivity contribution is -0.134. The van der Waals surface area contributed by atoms with E-state index in [9.17, 15) is 9.18 Å². The summed E-state index contributed by atoms with van der Waals surface area (Å²) in [4.78, 5) is 9.73. The number of carboxylic acid groups (broad SMARTS) is 1. The molecule has 0 atom stereocenters. The van der Waals surface area contributed by atoms with Gasteiger partial charge in [-0.15, -0.1) is 0 Å². The molecule has 0 fully saturated rings. The normalized spacial score (nSPS) is 12.4. The zero-order valence-electron chi connectivity index (χ0n) is 4.97.